The number of nitrogens with one attached hydrogen (secondary N) is 4. The maximum absolute atomic E-state index is 14.1. The summed E-state index contributed by atoms with van der Waals surface area (Å²) in [5.41, 5.74) is 10.9. The Morgan fingerprint density at radius 3 is 2.22 bits per heavy atom. The minimum atomic E-state index is -1.92. The van der Waals surface area contributed by atoms with Gasteiger partial charge in [0.2, 0.25) is 41.0 Å². The van der Waals surface area contributed by atoms with E-state index in [2.05, 4.69) is 28.2 Å². The number of aliphatic carboxylic acids is 1. The fourth-order valence-electron chi connectivity index (χ4n) is 6.87. The predicted octanol–water partition coefficient (Wildman–Crippen LogP) is 3.52. The highest BCUT2D eigenvalue weighted by Gasteiger charge is 2.37. The summed E-state index contributed by atoms with van der Waals surface area (Å²) in [7, 11) is 1.18. The van der Waals surface area contributed by atoms with Gasteiger partial charge >= 0.3 is 11.7 Å². The number of carboxylic acids is 1. The number of benzene rings is 2. The first-order valence-corrected chi connectivity index (χ1v) is 20.3. The lowest BCUT2D eigenvalue weighted by molar-refractivity contribution is -0.385. The number of carbonyl (C=O) groups excluding carboxylic acids is 5. The summed E-state index contributed by atoms with van der Waals surface area (Å²) >= 11 is 0. The van der Waals surface area contributed by atoms with E-state index in [1.54, 1.807) is 0 Å². The van der Waals surface area contributed by atoms with Crippen molar-refractivity contribution >= 4 is 41.2 Å². The molecule has 4 rings (SSSR count). The minimum absolute atomic E-state index is 0.00205. The Morgan fingerprint density at radius 1 is 0.983 bits per heavy atom. The largest absolute Gasteiger partial charge is 0.504 e. The second kappa shape index (κ2) is 23.6. The van der Waals surface area contributed by atoms with Crippen molar-refractivity contribution in [2.45, 2.75) is 134 Å². The molecule has 10 N–H and O–H groups in total. The quantitative estimate of drug-likeness (QED) is 0.0508. The van der Waals surface area contributed by atoms with Crippen LogP contribution in [0, 0.1) is 16.0 Å². The van der Waals surface area contributed by atoms with Crippen molar-refractivity contribution in [2.24, 2.45) is 17.4 Å². The molecule has 330 valence electrons. The number of nitro groups is 1. The number of nitro benzene ring substituents is 1. The maximum atomic E-state index is 14.1. The van der Waals surface area contributed by atoms with Crippen molar-refractivity contribution in [1.82, 2.24) is 21.3 Å². The van der Waals surface area contributed by atoms with Crippen LogP contribution in [0.25, 0.3) is 0 Å². The molecule has 19 heteroatoms. The van der Waals surface area contributed by atoms with Crippen LogP contribution < -0.4 is 42.2 Å². The van der Waals surface area contributed by atoms with E-state index >= 15 is 0 Å². The van der Waals surface area contributed by atoms with E-state index in [1.165, 1.54) is 32.1 Å². The number of ether oxygens (including phenoxy) is 2. The monoisotopic (exact) mass is 841 g/mol. The highest BCUT2D eigenvalue weighted by Crippen LogP contribution is 2.44. The molecule has 0 unspecified atom stereocenters. The fourth-order valence-corrected chi connectivity index (χ4v) is 6.87. The molecule has 5 atom stereocenters. The molecule has 2 aromatic carbocycles. The fraction of sp³-hybridized carbons (Fsp3) is 0.561. The molecule has 2 aliphatic heterocycles. The number of unbranched alkanes of at least 4 members (excludes halogenated alkanes) is 8. The number of primary amides is 1. The van der Waals surface area contributed by atoms with Crippen LogP contribution in [-0.4, -0.2) is 81.9 Å². The van der Waals surface area contributed by atoms with Gasteiger partial charge < -0.3 is 52.4 Å². The van der Waals surface area contributed by atoms with Crippen molar-refractivity contribution in [2.75, 3.05) is 7.11 Å². The summed E-state index contributed by atoms with van der Waals surface area (Å²) in [5.74, 6) is -7.85. The first kappa shape index (κ1) is 48.4. The number of aromatic hydroxyl groups is 1. The van der Waals surface area contributed by atoms with Gasteiger partial charge in [-0.25, -0.2) is 4.79 Å². The summed E-state index contributed by atoms with van der Waals surface area (Å²) in [6.45, 7) is 5.81. The van der Waals surface area contributed by atoms with Gasteiger partial charge in [-0.15, -0.1) is 0 Å². The van der Waals surface area contributed by atoms with Gasteiger partial charge in [0.1, 0.15) is 12.1 Å². The highest BCUT2D eigenvalue weighted by atomic mass is 16.6. The molecule has 0 aromatic heterocycles. The molecular formula is C41H59N7O12. The number of hydrogen-bond donors (Lipinski definition) is 8. The SMILES string of the molecule is CCCCCCCCCCCC(=O)N[C@@H](C(=O)O)[C@@H]1NC(=O)[C@H](CC(N)=O)NC(=O)[C@H](NC(=O)[C@H](N)CC(C)C)Cc2ccc(c([N+](=O)[O-])c2)Oc2cc1cc(O)c2OC. The van der Waals surface area contributed by atoms with E-state index < -0.39 is 88.5 Å². The molecule has 2 aromatic rings. The minimum Gasteiger partial charge on any atom is -0.504 e. The Labute approximate surface area is 348 Å². The number of carboxylic acid groups (broad SMARTS) is 1. The van der Waals surface area contributed by atoms with E-state index in [0.29, 0.717) is 6.42 Å². The van der Waals surface area contributed by atoms with Gasteiger partial charge in [0.15, 0.2) is 17.5 Å². The van der Waals surface area contributed by atoms with Gasteiger partial charge in [0.25, 0.3) is 0 Å². The molecule has 0 aliphatic carbocycles. The number of hydrogen-bond acceptors (Lipinski definition) is 12. The predicted molar refractivity (Wildman–Crippen MR) is 219 cm³/mol. The zero-order chi connectivity index (χ0) is 44.5. The van der Waals surface area contributed by atoms with Crippen molar-refractivity contribution < 1.29 is 53.4 Å². The van der Waals surface area contributed by atoms with Gasteiger partial charge in [-0.3, -0.25) is 34.1 Å². The molecule has 60 heavy (non-hydrogen) atoms. The number of methoxy groups -OCH3 is 1. The van der Waals surface area contributed by atoms with E-state index in [9.17, 15) is 49.1 Å². The van der Waals surface area contributed by atoms with Crippen LogP contribution in [0.3, 0.4) is 0 Å². The summed E-state index contributed by atoms with van der Waals surface area (Å²) in [4.78, 5) is 91.3. The van der Waals surface area contributed by atoms with Crippen LogP contribution in [-0.2, 0) is 35.2 Å². The molecule has 5 amide bonds. The van der Waals surface area contributed by atoms with Crippen LogP contribution in [0.1, 0.15) is 115 Å². The third-order valence-corrected chi connectivity index (χ3v) is 9.96. The Balaban J connectivity index is 2.12. The normalized spacial score (nSPS) is 17.7. The third-order valence-electron chi connectivity index (χ3n) is 9.96. The van der Waals surface area contributed by atoms with Gasteiger partial charge in [0, 0.05) is 18.9 Å². The summed E-state index contributed by atoms with van der Waals surface area (Å²) in [6.07, 6.45) is 7.79. The summed E-state index contributed by atoms with van der Waals surface area (Å²) in [6, 6.07) is -2.13. The summed E-state index contributed by atoms with van der Waals surface area (Å²) in [5, 5.41) is 43.8. The third kappa shape index (κ3) is 14.7. The molecule has 4 bridgehead atoms. The number of carbonyl (C=O) groups is 6. The Morgan fingerprint density at radius 2 is 1.63 bits per heavy atom. The van der Waals surface area contributed by atoms with Crippen LogP contribution in [0.5, 0.6) is 23.0 Å². The Kier molecular flexibility index (Phi) is 19.0. The van der Waals surface area contributed by atoms with Gasteiger partial charge in [-0.1, -0.05) is 78.2 Å². The lowest BCUT2D eigenvalue weighted by Gasteiger charge is -2.30. The number of rotatable bonds is 21. The number of nitrogens with two attached hydrogens (primary N) is 2. The van der Waals surface area contributed by atoms with Gasteiger partial charge in [0.05, 0.1) is 30.5 Å². The Hall–Kier alpha value is -5.98. The number of phenols is 1. The van der Waals surface area contributed by atoms with Crippen LogP contribution >= 0.6 is 0 Å². The van der Waals surface area contributed by atoms with E-state index in [-0.39, 0.29) is 53.6 Å². The molecule has 0 spiro atoms. The molecule has 0 saturated heterocycles. The zero-order valence-corrected chi connectivity index (χ0v) is 34.6. The second-order valence-corrected chi connectivity index (χ2v) is 15.4. The molecule has 2 heterocycles. The summed E-state index contributed by atoms with van der Waals surface area (Å²) < 4.78 is 11.3. The second-order valence-electron chi connectivity index (χ2n) is 15.4. The Bertz CT molecular complexity index is 1860. The number of amides is 5. The molecular weight excluding hydrogens is 782 g/mol. The molecule has 0 fully saturated rings. The lowest BCUT2D eigenvalue weighted by Crippen LogP contribution is -2.58. The van der Waals surface area contributed by atoms with Crippen LogP contribution in [0.15, 0.2) is 30.3 Å². The molecule has 0 saturated carbocycles. The van der Waals surface area contributed by atoms with E-state index in [0.717, 1.165) is 56.7 Å². The standard InChI is InChI=1S/C41H59N7O12/c1-5-6-7-8-9-10-11-12-13-14-34(51)46-36(41(55)56)35-25-20-30(49)37(59-4)32(21-25)60-31-16-15-24(19-29(31)48(57)58)18-27(44-38(52)26(42)17-23(2)3)39(53)45-28(22-33(43)50)40(54)47-35/h15-16,19-21,23,26-28,35-36,49H,5-14,17-18,22,42H2,1-4H3,(H2,43,50)(H,44,52)(H,45,53)(H,46,51)(H,47,54)(H,55,56)/t26-,27-,28+,35-,36-/m1/s1. The highest BCUT2D eigenvalue weighted by molar-refractivity contribution is 5.95. The van der Waals surface area contributed by atoms with Crippen LogP contribution in [0.2, 0.25) is 0 Å². The first-order valence-electron chi connectivity index (χ1n) is 20.3. The topological polar surface area (TPSA) is 305 Å². The van der Waals surface area contributed by atoms with E-state index in [4.69, 9.17) is 20.9 Å². The van der Waals surface area contributed by atoms with E-state index in [1.807, 2.05) is 13.8 Å². The molecule has 0 radical (unpaired) electrons. The number of nitrogens with zero attached hydrogens (tertiary/aromatic N) is 1. The maximum Gasteiger partial charge on any atom is 0.328 e. The van der Waals surface area contributed by atoms with Crippen molar-refractivity contribution in [3.05, 3.63) is 51.6 Å². The van der Waals surface area contributed by atoms with Crippen molar-refractivity contribution in [3.8, 4) is 23.0 Å². The average molecular weight is 842 g/mol. The number of phenolic OH excluding ortho intramolecular Hbond substituents is 1. The molecule has 2 aliphatic rings. The van der Waals surface area contributed by atoms with Gasteiger partial charge in [-0.05, 0) is 48.1 Å². The average Bonchev–Trinajstić information content (AvgIpc) is 3.17. The number of fused-ring (bicyclic) bond motifs is 9. The smallest absolute Gasteiger partial charge is 0.328 e. The van der Waals surface area contributed by atoms with Crippen molar-refractivity contribution in [1.29, 1.82) is 0 Å². The zero-order valence-electron chi connectivity index (χ0n) is 34.6. The first-order chi connectivity index (χ1) is 28.4. The van der Waals surface area contributed by atoms with Gasteiger partial charge in [-0.2, -0.15) is 0 Å². The van der Waals surface area contributed by atoms with Crippen molar-refractivity contribution in [3.63, 3.8) is 0 Å². The van der Waals surface area contributed by atoms with Crippen LogP contribution in [0.4, 0.5) is 5.69 Å². The molecule has 19 nitrogen and oxygen atoms in total. The lowest BCUT2D eigenvalue weighted by atomic mass is 9.96.